The van der Waals surface area contributed by atoms with E-state index in [0.717, 1.165) is 19.3 Å². The number of carbonyl (C=O) groups is 1. The van der Waals surface area contributed by atoms with Crippen molar-refractivity contribution in [2.75, 3.05) is 6.54 Å². The molecule has 0 N–H and O–H groups in total. The summed E-state index contributed by atoms with van der Waals surface area (Å²) >= 11 is 0. The molecule has 0 bridgehead atoms. The Hall–Kier alpha value is -0.465. The normalized spacial score (nSPS) is 31.5. The summed E-state index contributed by atoms with van der Waals surface area (Å²) in [5.41, 5.74) is 0. The fourth-order valence-corrected chi connectivity index (χ4v) is 1.67. The van der Waals surface area contributed by atoms with Gasteiger partial charge in [0.1, 0.15) is 7.85 Å². The predicted octanol–water partition coefficient (Wildman–Crippen LogP) is 0.295. The molecule has 1 fully saturated rings. The Labute approximate surface area is 69.4 Å². The first-order chi connectivity index (χ1) is 5.16. The van der Waals surface area contributed by atoms with Crippen molar-refractivity contribution < 1.29 is 4.79 Å². The molecule has 2 nitrogen and oxygen atoms in total. The molecule has 0 aromatic rings. The van der Waals surface area contributed by atoms with E-state index in [1.807, 2.05) is 4.90 Å². The van der Waals surface area contributed by atoms with Crippen LogP contribution >= 0.6 is 0 Å². The zero-order chi connectivity index (χ0) is 8.43. The second-order valence-electron chi connectivity index (χ2n) is 3.51. The van der Waals surface area contributed by atoms with E-state index in [4.69, 9.17) is 0 Å². The van der Waals surface area contributed by atoms with Gasteiger partial charge in [-0.3, -0.25) is 4.79 Å². The molecular weight excluding hydrogens is 137 g/mol. The smallest absolute Gasteiger partial charge is 0.223 e. The Bertz CT molecular complexity index is 160. The topological polar surface area (TPSA) is 20.3 Å². The second kappa shape index (κ2) is 3.29. The standard InChI is InChI=1S/C8H16BNO/c1-6-5-8(11)10(4-3-9)7(6)2/h6-7H,3-5,9H2,1-2H3. The van der Waals surface area contributed by atoms with Crippen molar-refractivity contribution in [2.24, 2.45) is 5.92 Å². The summed E-state index contributed by atoms with van der Waals surface area (Å²) in [5.74, 6) is 0.890. The van der Waals surface area contributed by atoms with Crippen molar-refractivity contribution in [3.8, 4) is 0 Å². The lowest BCUT2D eigenvalue weighted by Gasteiger charge is -2.22. The van der Waals surface area contributed by atoms with Crippen LogP contribution in [0.3, 0.4) is 0 Å². The minimum Gasteiger partial charge on any atom is -0.340 e. The highest BCUT2D eigenvalue weighted by Crippen LogP contribution is 2.24. The molecule has 0 aromatic carbocycles. The number of amides is 1. The van der Waals surface area contributed by atoms with Gasteiger partial charge in [-0.25, -0.2) is 0 Å². The fraction of sp³-hybridized carbons (Fsp3) is 0.875. The SMILES string of the molecule is BCCN1C(=O)CC(C)C1C. The van der Waals surface area contributed by atoms with Gasteiger partial charge >= 0.3 is 0 Å². The molecule has 1 aliphatic heterocycles. The van der Waals surface area contributed by atoms with E-state index in [1.54, 1.807) is 0 Å². The maximum atomic E-state index is 11.3. The van der Waals surface area contributed by atoms with Crippen molar-refractivity contribution in [3.05, 3.63) is 0 Å². The zero-order valence-electron chi connectivity index (χ0n) is 7.63. The van der Waals surface area contributed by atoms with Gasteiger partial charge in [0.15, 0.2) is 0 Å². The molecule has 1 heterocycles. The van der Waals surface area contributed by atoms with Gasteiger partial charge in [0.05, 0.1) is 0 Å². The van der Waals surface area contributed by atoms with Crippen molar-refractivity contribution in [3.63, 3.8) is 0 Å². The van der Waals surface area contributed by atoms with Crippen LogP contribution in [-0.2, 0) is 4.79 Å². The van der Waals surface area contributed by atoms with Crippen LogP contribution < -0.4 is 0 Å². The van der Waals surface area contributed by atoms with E-state index in [0.29, 0.717) is 17.9 Å². The molecule has 2 unspecified atom stereocenters. The molecule has 1 amide bonds. The monoisotopic (exact) mass is 153 g/mol. The fourth-order valence-electron chi connectivity index (χ4n) is 1.67. The number of likely N-dealkylation sites (tertiary alicyclic amines) is 1. The molecule has 3 heteroatoms. The number of hydrogen-bond acceptors (Lipinski definition) is 1. The third-order valence-electron chi connectivity index (χ3n) is 2.60. The molecular formula is C8H16BNO. The summed E-state index contributed by atoms with van der Waals surface area (Å²) in [4.78, 5) is 13.3. The Morgan fingerprint density at radius 3 is 2.64 bits per heavy atom. The van der Waals surface area contributed by atoms with E-state index < -0.39 is 0 Å². The van der Waals surface area contributed by atoms with Gasteiger partial charge in [-0.2, -0.15) is 0 Å². The lowest BCUT2D eigenvalue weighted by atomic mass is 10.0. The minimum atomic E-state index is 0.340. The Kier molecular flexibility index (Phi) is 2.58. The summed E-state index contributed by atoms with van der Waals surface area (Å²) in [6.45, 7) is 5.23. The van der Waals surface area contributed by atoms with Gasteiger partial charge in [-0.15, -0.1) is 0 Å². The third kappa shape index (κ3) is 1.58. The Balaban J connectivity index is 2.56. The summed E-state index contributed by atoms with van der Waals surface area (Å²) in [6.07, 6.45) is 1.82. The van der Waals surface area contributed by atoms with Gasteiger partial charge in [0, 0.05) is 19.0 Å². The lowest BCUT2D eigenvalue weighted by Crippen LogP contribution is -2.33. The van der Waals surface area contributed by atoms with Gasteiger partial charge in [-0.05, 0) is 12.8 Å². The maximum Gasteiger partial charge on any atom is 0.223 e. The molecule has 2 atom stereocenters. The molecule has 0 radical (unpaired) electrons. The molecule has 0 aliphatic carbocycles. The number of rotatable bonds is 2. The van der Waals surface area contributed by atoms with Crippen LogP contribution in [-0.4, -0.2) is 31.2 Å². The average molecular weight is 153 g/mol. The second-order valence-corrected chi connectivity index (χ2v) is 3.51. The molecule has 0 spiro atoms. The maximum absolute atomic E-state index is 11.3. The zero-order valence-corrected chi connectivity index (χ0v) is 7.63. The van der Waals surface area contributed by atoms with Gasteiger partial charge in [0.2, 0.25) is 5.91 Å². The van der Waals surface area contributed by atoms with Crippen LogP contribution in [0.15, 0.2) is 0 Å². The first-order valence-corrected chi connectivity index (χ1v) is 4.46. The van der Waals surface area contributed by atoms with Crippen LogP contribution in [0.5, 0.6) is 0 Å². The molecule has 11 heavy (non-hydrogen) atoms. The van der Waals surface area contributed by atoms with Crippen molar-refractivity contribution in [1.82, 2.24) is 4.90 Å². The lowest BCUT2D eigenvalue weighted by molar-refractivity contribution is -0.128. The van der Waals surface area contributed by atoms with E-state index in [9.17, 15) is 4.79 Å². The first-order valence-electron chi connectivity index (χ1n) is 4.46. The van der Waals surface area contributed by atoms with E-state index in [1.165, 1.54) is 0 Å². The largest absolute Gasteiger partial charge is 0.340 e. The number of nitrogens with zero attached hydrogens (tertiary/aromatic N) is 1. The van der Waals surface area contributed by atoms with Crippen molar-refractivity contribution >= 4 is 13.8 Å². The molecule has 1 rings (SSSR count). The highest BCUT2D eigenvalue weighted by molar-refractivity contribution is 6.08. The minimum absolute atomic E-state index is 0.340. The van der Waals surface area contributed by atoms with Crippen molar-refractivity contribution in [1.29, 1.82) is 0 Å². The molecule has 0 aromatic heterocycles. The quantitative estimate of drug-likeness (QED) is 0.522. The van der Waals surface area contributed by atoms with Crippen LogP contribution in [0.2, 0.25) is 6.32 Å². The number of hydrogen-bond donors (Lipinski definition) is 0. The van der Waals surface area contributed by atoms with Gasteiger partial charge < -0.3 is 4.90 Å². The Morgan fingerprint density at radius 1 is 1.64 bits per heavy atom. The van der Waals surface area contributed by atoms with Crippen LogP contribution in [0.4, 0.5) is 0 Å². The van der Waals surface area contributed by atoms with Gasteiger partial charge in [0.25, 0.3) is 0 Å². The summed E-state index contributed by atoms with van der Waals surface area (Å²) < 4.78 is 0. The number of carbonyl (C=O) groups excluding carboxylic acids is 1. The molecule has 1 aliphatic rings. The molecule has 62 valence electrons. The molecule has 0 saturated carbocycles. The summed E-state index contributed by atoms with van der Waals surface area (Å²) in [7, 11) is 2.11. The third-order valence-corrected chi connectivity index (χ3v) is 2.60. The molecule has 1 saturated heterocycles. The average Bonchev–Trinajstić information content (AvgIpc) is 2.17. The van der Waals surface area contributed by atoms with Crippen molar-refractivity contribution in [2.45, 2.75) is 32.6 Å². The predicted molar refractivity (Wildman–Crippen MR) is 48.3 cm³/mol. The highest BCUT2D eigenvalue weighted by Gasteiger charge is 2.32. The van der Waals surface area contributed by atoms with E-state index in [2.05, 4.69) is 21.7 Å². The van der Waals surface area contributed by atoms with E-state index in [-0.39, 0.29) is 0 Å². The summed E-state index contributed by atoms with van der Waals surface area (Å²) in [5, 5.41) is 0. The van der Waals surface area contributed by atoms with Crippen LogP contribution in [0.25, 0.3) is 0 Å². The van der Waals surface area contributed by atoms with Crippen LogP contribution in [0.1, 0.15) is 20.3 Å². The first kappa shape index (κ1) is 8.63. The Morgan fingerprint density at radius 2 is 2.27 bits per heavy atom. The van der Waals surface area contributed by atoms with E-state index >= 15 is 0 Å². The summed E-state index contributed by atoms with van der Waals surface area (Å²) in [6, 6.07) is 0.461. The highest BCUT2D eigenvalue weighted by atomic mass is 16.2. The van der Waals surface area contributed by atoms with Gasteiger partial charge in [-0.1, -0.05) is 13.2 Å². The van der Waals surface area contributed by atoms with Crippen LogP contribution in [0, 0.1) is 5.92 Å².